The number of hydrogen-bond donors (Lipinski definition) is 0. The third kappa shape index (κ3) is 2.22. The van der Waals surface area contributed by atoms with Crippen molar-refractivity contribution in [2.75, 3.05) is 6.79 Å². The van der Waals surface area contributed by atoms with Gasteiger partial charge in [-0.3, -0.25) is 4.79 Å². The summed E-state index contributed by atoms with van der Waals surface area (Å²) in [4.78, 5) is 10.7. The smallest absolute Gasteiger partial charge is 0.302 e. The number of carbonyl (C=O) groups excluding carboxylic acids is 1. The van der Waals surface area contributed by atoms with E-state index in [2.05, 4.69) is 0 Å². The van der Waals surface area contributed by atoms with Crippen LogP contribution in [0.2, 0.25) is 0 Å². The highest BCUT2D eigenvalue weighted by atomic mass is 35.5. The van der Waals surface area contributed by atoms with Gasteiger partial charge in [0, 0.05) is 12.8 Å². The van der Waals surface area contributed by atoms with Crippen LogP contribution in [0.3, 0.4) is 0 Å². The van der Waals surface area contributed by atoms with Crippen molar-refractivity contribution < 1.29 is 19.0 Å². The van der Waals surface area contributed by atoms with E-state index in [1.54, 1.807) is 6.07 Å². The van der Waals surface area contributed by atoms with Crippen LogP contribution in [0.4, 0.5) is 0 Å². The van der Waals surface area contributed by atoms with Gasteiger partial charge in [0.1, 0.15) is 6.61 Å². The summed E-state index contributed by atoms with van der Waals surface area (Å²) in [6.45, 7) is 1.79. The molecule has 0 saturated carbocycles. The van der Waals surface area contributed by atoms with Gasteiger partial charge >= 0.3 is 5.97 Å². The van der Waals surface area contributed by atoms with Crippen LogP contribution in [-0.4, -0.2) is 12.8 Å². The first-order valence-electron chi connectivity index (χ1n) is 4.81. The fourth-order valence-corrected chi connectivity index (χ4v) is 1.71. The molecule has 0 fully saturated rings. The van der Waals surface area contributed by atoms with Gasteiger partial charge in [-0.1, -0.05) is 0 Å². The molecule has 1 aromatic rings. The molecular formula is C11H11ClO4. The lowest BCUT2D eigenvalue weighted by molar-refractivity contribution is -0.142. The predicted octanol–water partition coefficient (Wildman–Crippen LogP) is 2.22. The number of esters is 1. The van der Waals surface area contributed by atoms with Crippen LogP contribution >= 0.6 is 11.6 Å². The van der Waals surface area contributed by atoms with Gasteiger partial charge in [-0.2, -0.15) is 0 Å². The van der Waals surface area contributed by atoms with Gasteiger partial charge in [-0.15, -0.1) is 11.6 Å². The average molecular weight is 243 g/mol. The lowest BCUT2D eigenvalue weighted by Gasteiger charge is -2.08. The van der Waals surface area contributed by atoms with Crippen LogP contribution in [-0.2, 0) is 22.0 Å². The van der Waals surface area contributed by atoms with Gasteiger partial charge in [0.25, 0.3) is 0 Å². The molecule has 0 atom stereocenters. The average Bonchev–Trinajstić information content (AvgIpc) is 2.71. The molecule has 16 heavy (non-hydrogen) atoms. The van der Waals surface area contributed by atoms with E-state index in [4.69, 9.17) is 25.8 Å². The van der Waals surface area contributed by atoms with Crippen molar-refractivity contribution in [3.63, 3.8) is 0 Å². The Hall–Kier alpha value is -1.42. The van der Waals surface area contributed by atoms with Gasteiger partial charge in [-0.05, 0) is 23.3 Å². The van der Waals surface area contributed by atoms with E-state index < -0.39 is 0 Å². The molecule has 0 bridgehead atoms. The minimum absolute atomic E-state index is 0.202. The monoisotopic (exact) mass is 242 g/mol. The second kappa shape index (κ2) is 4.61. The third-order valence-electron chi connectivity index (χ3n) is 2.27. The summed E-state index contributed by atoms with van der Waals surface area (Å²) in [5.41, 5.74) is 1.72. The molecule has 0 amide bonds. The second-order valence-corrected chi connectivity index (χ2v) is 3.66. The SMILES string of the molecule is CC(=O)OCc1cc2c(cc1CCl)OCO2. The Morgan fingerprint density at radius 2 is 2.00 bits per heavy atom. The van der Waals surface area contributed by atoms with Gasteiger partial charge < -0.3 is 14.2 Å². The number of halogens is 1. The molecule has 0 spiro atoms. The summed E-state index contributed by atoms with van der Waals surface area (Å²) in [6.07, 6.45) is 0. The van der Waals surface area contributed by atoms with Gasteiger partial charge in [0.15, 0.2) is 11.5 Å². The lowest BCUT2D eigenvalue weighted by Crippen LogP contribution is -2.01. The van der Waals surface area contributed by atoms with Crippen molar-refractivity contribution in [2.24, 2.45) is 0 Å². The van der Waals surface area contributed by atoms with E-state index in [0.29, 0.717) is 17.4 Å². The molecule has 0 radical (unpaired) electrons. The van der Waals surface area contributed by atoms with Crippen LogP contribution in [0, 0.1) is 0 Å². The summed E-state index contributed by atoms with van der Waals surface area (Å²) in [7, 11) is 0. The zero-order chi connectivity index (χ0) is 11.5. The number of ether oxygens (including phenoxy) is 3. The normalized spacial score (nSPS) is 12.6. The van der Waals surface area contributed by atoms with Crippen molar-refractivity contribution in [3.8, 4) is 11.5 Å². The fraction of sp³-hybridized carbons (Fsp3) is 0.364. The summed E-state index contributed by atoms with van der Waals surface area (Å²) in [6, 6.07) is 3.61. The summed E-state index contributed by atoms with van der Waals surface area (Å²) < 4.78 is 15.4. The maximum atomic E-state index is 10.7. The van der Waals surface area contributed by atoms with Crippen LogP contribution in [0.5, 0.6) is 11.5 Å². The molecule has 5 heteroatoms. The van der Waals surface area contributed by atoms with E-state index in [0.717, 1.165) is 11.1 Å². The number of alkyl halides is 1. The molecule has 1 aliphatic heterocycles. The maximum absolute atomic E-state index is 10.7. The molecule has 1 aliphatic rings. The van der Waals surface area contributed by atoms with Crippen LogP contribution in [0.25, 0.3) is 0 Å². The molecule has 1 heterocycles. The molecule has 1 aromatic carbocycles. The van der Waals surface area contributed by atoms with Crippen molar-refractivity contribution >= 4 is 17.6 Å². The van der Waals surface area contributed by atoms with Crippen molar-refractivity contribution in [2.45, 2.75) is 19.4 Å². The minimum atomic E-state index is -0.321. The highest BCUT2D eigenvalue weighted by Gasteiger charge is 2.17. The highest BCUT2D eigenvalue weighted by molar-refractivity contribution is 6.17. The van der Waals surface area contributed by atoms with Crippen LogP contribution in [0.1, 0.15) is 18.1 Å². The van der Waals surface area contributed by atoms with Gasteiger partial charge in [-0.25, -0.2) is 0 Å². The number of rotatable bonds is 3. The first-order valence-corrected chi connectivity index (χ1v) is 5.35. The van der Waals surface area contributed by atoms with E-state index in [1.807, 2.05) is 6.07 Å². The molecule has 4 nitrogen and oxygen atoms in total. The van der Waals surface area contributed by atoms with Crippen molar-refractivity contribution in [1.29, 1.82) is 0 Å². The van der Waals surface area contributed by atoms with E-state index in [-0.39, 0.29) is 19.4 Å². The summed E-state index contributed by atoms with van der Waals surface area (Å²) in [5.74, 6) is 1.36. The number of fused-ring (bicyclic) bond motifs is 1. The zero-order valence-electron chi connectivity index (χ0n) is 8.79. The highest BCUT2D eigenvalue weighted by Crippen LogP contribution is 2.35. The topological polar surface area (TPSA) is 44.8 Å². The standard InChI is InChI=1S/C11H11ClO4/c1-7(13)14-5-9-3-11-10(15-6-16-11)2-8(9)4-12/h2-3H,4-6H2,1H3. The van der Waals surface area contributed by atoms with E-state index in [1.165, 1.54) is 6.92 Å². The van der Waals surface area contributed by atoms with Crippen LogP contribution in [0.15, 0.2) is 12.1 Å². The molecule has 0 N–H and O–H groups in total. The molecular weight excluding hydrogens is 232 g/mol. The molecule has 0 saturated heterocycles. The molecule has 2 rings (SSSR count). The first-order chi connectivity index (χ1) is 7.70. The van der Waals surface area contributed by atoms with Gasteiger partial charge in [0.05, 0.1) is 0 Å². The quantitative estimate of drug-likeness (QED) is 0.602. The third-order valence-corrected chi connectivity index (χ3v) is 2.56. The largest absolute Gasteiger partial charge is 0.461 e. The molecule has 0 aliphatic carbocycles. The van der Waals surface area contributed by atoms with Crippen molar-refractivity contribution in [1.82, 2.24) is 0 Å². The maximum Gasteiger partial charge on any atom is 0.302 e. The van der Waals surface area contributed by atoms with Gasteiger partial charge in [0.2, 0.25) is 6.79 Å². The second-order valence-electron chi connectivity index (χ2n) is 3.39. The van der Waals surface area contributed by atoms with Crippen molar-refractivity contribution in [3.05, 3.63) is 23.3 Å². The first kappa shape index (κ1) is 11.1. The predicted molar refractivity (Wildman–Crippen MR) is 57.6 cm³/mol. The minimum Gasteiger partial charge on any atom is -0.461 e. The van der Waals surface area contributed by atoms with Crippen LogP contribution < -0.4 is 9.47 Å². The Bertz CT molecular complexity index is 417. The number of benzene rings is 1. The summed E-state index contributed by atoms with van der Waals surface area (Å²) >= 11 is 5.81. The molecule has 0 unspecified atom stereocenters. The molecule has 86 valence electrons. The fourth-order valence-electron chi connectivity index (χ4n) is 1.46. The Balaban J connectivity index is 2.25. The number of carbonyl (C=O) groups is 1. The Morgan fingerprint density at radius 3 is 2.56 bits per heavy atom. The number of hydrogen-bond acceptors (Lipinski definition) is 4. The van der Waals surface area contributed by atoms with E-state index >= 15 is 0 Å². The lowest BCUT2D eigenvalue weighted by atomic mass is 10.1. The molecule has 0 aromatic heterocycles. The Labute approximate surface area is 98.1 Å². The Morgan fingerprint density at radius 1 is 1.38 bits per heavy atom. The van der Waals surface area contributed by atoms with E-state index in [9.17, 15) is 4.79 Å². The Kier molecular flexibility index (Phi) is 3.19. The zero-order valence-corrected chi connectivity index (χ0v) is 9.54. The summed E-state index contributed by atoms with van der Waals surface area (Å²) in [5, 5.41) is 0.